The van der Waals surface area contributed by atoms with E-state index in [9.17, 15) is 8.42 Å². The molecule has 1 aliphatic heterocycles. The molecule has 1 aliphatic rings. The SMILES string of the molecule is CC1CCOS1(=O)=O.c1c[nH]cn1. The molecule has 1 atom stereocenters. The molecule has 0 aromatic carbocycles. The van der Waals surface area contributed by atoms with Crippen molar-refractivity contribution in [3.05, 3.63) is 18.7 Å². The summed E-state index contributed by atoms with van der Waals surface area (Å²) in [6.45, 7) is 2.02. The minimum atomic E-state index is -3.12. The summed E-state index contributed by atoms with van der Waals surface area (Å²) in [6.07, 6.45) is 5.72. The summed E-state index contributed by atoms with van der Waals surface area (Å²) in [5.74, 6) is 0. The molecule has 0 amide bonds. The fourth-order valence-electron chi connectivity index (χ4n) is 0.806. The largest absolute Gasteiger partial charge is 0.351 e. The number of aromatic amines is 1. The van der Waals surface area contributed by atoms with Gasteiger partial charge in [-0.25, -0.2) is 4.98 Å². The molecule has 6 heteroatoms. The van der Waals surface area contributed by atoms with Crippen LogP contribution in [-0.2, 0) is 14.3 Å². The highest BCUT2D eigenvalue weighted by molar-refractivity contribution is 7.87. The molecule has 2 heterocycles. The van der Waals surface area contributed by atoms with Crippen LogP contribution in [0.4, 0.5) is 0 Å². The van der Waals surface area contributed by atoms with Crippen molar-refractivity contribution in [1.29, 1.82) is 0 Å². The topological polar surface area (TPSA) is 72.1 Å². The third kappa shape index (κ3) is 3.16. The Kier molecular flexibility index (Phi) is 3.44. The van der Waals surface area contributed by atoms with E-state index in [1.807, 2.05) is 0 Å². The molecule has 0 bridgehead atoms. The van der Waals surface area contributed by atoms with E-state index >= 15 is 0 Å². The zero-order chi connectivity index (χ0) is 9.73. The zero-order valence-electron chi connectivity index (χ0n) is 7.30. The fourth-order valence-corrected chi connectivity index (χ4v) is 1.75. The van der Waals surface area contributed by atoms with Crippen LogP contribution in [-0.4, -0.2) is 30.2 Å². The van der Waals surface area contributed by atoms with Gasteiger partial charge in [-0.1, -0.05) is 0 Å². The number of H-pyrrole nitrogens is 1. The second-order valence-corrected chi connectivity index (χ2v) is 4.70. The summed E-state index contributed by atoms with van der Waals surface area (Å²) < 4.78 is 25.5. The van der Waals surface area contributed by atoms with Gasteiger partial charge in [0.2, 0.25) is 0 Å². The second-order valence-electron chi connectivity index (χ2n) is 2.67. The molecular weight excluding hydrogens is 192 g/mol. The highest BCUT2D eigenvalue weighted by atomic mass is 32.2. The van der Waals surface area contributed by atoms with Crippen molar-refractivity contribution in [2.45, 2.75) is 18.6 Å². The molecule has 0 aliphatic carbocycles. The maximum Gasteiger partial charge on any atom is 0.270 e. The average Bonchev–Trinajstić information content (AvgIpc) is 2.66. The third-order valence-corrected chi connectivity index (χ3v) is 3.39. The van der Waals surface area contributed by atoms with Crippen LogP contribution in [0.25, 0.3) is 0 Å². The summed E-state index contributed by atoms with van der Waals surface area (Å²) in [6, 6.07) is 0. The third-order valence-electron chi connectivity index (χ3n) is 1.67. The van der Waals surface area contributed by atoms with E-state index in [4.69, 9.17) is 0 Å². The van der Waals surface area contributed by atoms with Gasteiger partial charge in [-0.05, 0) is 13.3 Å². The Balaban J connectivity index is 0.000000145. The molecule has 1 N–H and O–H groups in total. The lowest BCUT2D eigenvalue weighted by molar-refractivity contribution is 0.354. The number of rotatable bonds is 0. The normalized spacial score (nSPS) is 24.8. The van der Waals surface area contributed by atoms with E-state index in [1.54, 1.807) is 25.6 Å². The van der Waals surface area contributed by atoms with Crippen LogP contribution in [0.2, 0.25) is 0 Å². The molecule has 13 heavy (non-hydrogen) atoms. The molecule has 1 fully saturated rings. The van der Waals surface area contributed by atoms with Crippen LogP contribution < -0.4 is 0 Å². The summed E-state index contributed by atoms with van der Waals surface area (Å²) in [5, 5.41) is -0.289. The summed E-state index contributed by atoms with van der Waals surface area (Å²) >= 11 is 0. The molecule has 1 aromatic heterocycles. The van der Waals surface area contributed by atoms with E-state index < -0.39 is 10.1 Å². The number of hydrogen-bond acceptors (Lipinski definition) is 4. The van der Waals surface area contributed by atoms with Crippen molar-refractivity contribution >= 4 is 10.1 Å². The smallest absolute Gasteiger partial charge is 0.270 e. The zero-order valence-corrected chi connectivity index (χ0v) is 8.12. The Morgan fingerprint density at radius 3 is 2.54 bits per heavy atom. The number of aromatic nitrogens is 2. The maximum atomic E-state index is 10.5. The van der Waals surface area contributed by atoms with Gasteiger partial charge in [0.25, 0.3) is 10.1 Å². The maximum absolute atomic E-state index is 10.5. The van der Waals surface area contributed by atoms with E-state index in [1.165, 1.54) is 0 Å². The predicted octanol–water partition coefficient (Wildman–Crippen LogP) is 0.535. The van der Waals surface area contributed by atoms with Crippen LogP contribution in [0.15, 0.2) is 18.7 Å². The summed E-state index contributed by atoms with van der Waals surface area (Å²) in [4.78, 5) is 6.42. The molecule has 0 saturated carbocycles. The number of hydrogen-bond donors (Lipinski definition) is 1. The van der Waals surface area contributed by atoms with Crippen molar-refractivity contribution < 1.29 is 12.6 Å². The van der Waals surface area contributed by atoms with Gasteiger partial charge >= 0.3 is 0 Å². The molecule has 1 saturated heterocycles. The molecule has 1 unspecified atom stereocenters. The first-order valence-electron chi connectivity index (χ1n) is 3.94. The molecule has 0 spiro atoms. The van der Waals surface area contributed by atoms with E-state index in [0.717, 1.165) is 0 Å². The molecule has 1 aromatic rings. The van der Waals surface area contributed by atoms with Gasteiger partial charge in [0.1, 0.15) is 0 Å². The Morgan fingerprint density at radius 1 is 1.62 bits per heavy atom. The average molecular weight is 204 g/mol. The molecular formula is C7H12N2O3S. The first-order valence-corrected chi connectivity index (χ1v) is 5.41. The van der Waals surface area contributed by atoms with Gasteiger partial charge in [0.05, 0.1) is 18.2 Å². The standard InChI is InChI=1S/C4H8O3S.C3H4N2/c1-4-2-3-7-8(4,5)6;1-2-5-3-4-1/h4H,2-3H2,1H3;1-3H,(H,4,5). The number of nitrogens with zero attached hydrogens (tertiary/aromatic N) is 1. The molecule has 2 rings (SSSR count). The van der Waals surface area contributed by atoms with Crippen molar-refractivity contribution in [1.82, 2.24) is 9.97 Å². The Hall–Kier alpha value is -0.880. The van der Waals surface area contributed by atoms with Crippen molar-refractivity contribution in [2.75, 3.05) is 6.61 Å². The van der Waals surface area contributed by atoms with E-state index in [-0.39, 0.29) is 5.25 Å². The monoisotopic (exact) mass is 204 g/mol. The van der Waals surface area contributed by atoms with Crippen LogP contribution in [0.1, 0.15) is 13.3 Å². The summed E-state index contributed by atoms with van der Waals surface area (Å²) in [5.41, 5.74) is 0. The lowest BCUT2D eigenvalue weighted by Crippen LogP contribution is -2.09. The van der Waals surface area contributed by atoms with E-state index in [0.29, 0.717) is 13.0 Å². The van der Waals surface area contributed by atoms with Crippen LogP contribution in [0, 0.1) is 0 Å². The fraction of sp³-hybridized carbons (Fsp3) is 0.571. The van der Waals surface area contributed by atoms with Crippen LogP contribution in [0.3, 0.4) is 0 Å². The van der Waals surface area contributed by atoms with Gasteiger partial charge in [0.15, 0.2) is 0 Å². The quantitative estimate of drug-likeness (QED) is 0.626. The van der Waals surface area contributed by atoms with Gasteiger partial charge in [0, 0.05) is 12.4 Å². The highest BCUT2D eigenvalue weighted by Gasteiger charge is 2.27. The second kappa shape index (κ2) is 4.38. The first-order chi connectivity index (χ1) is 6.13. The van der Waals surface area contributed by atoms with Crippen molar-refractivity contribution in [2.24, 2.45) is 0 Å². The molecule has 5 nitrogen and oxygen atoms in total. The number of nitrogens with one attached hydrogen (secondary N) is 1. The Bertz CT molecular complexity index is 302. The first kappa shape index (κ1) is 10.2. The van der Waals surface area contributed by atoms with Crippen LogP contribution >= 0.6 is 0 Å². The Labute approximate surface area is 77.3 Å². The van der Waals surface area contributed by atoms with Gasteiger partial charge in [-0.15, -0.1) is 0 Å². The van der Waals surface area contributed by atoms with Crippen LogP contribution in [0.5, 0.6) is 0 Å². The number of imidazole rings is 1. The molecule has 74 valence electrons. The predicted molar refractivity (Wildman–Crippen MR) is 47.5 cm³/mol. The Morgan fingerprint density at radius 2 is 2.38 bits per heavy atom. The van der Waals surface area contributed by atoms with E-state index in [2.05, 4.69) is 14.2 Å². The molecule has 0 radical (unpaired) electrons. The lowest BCUT2D eigenvalue weighted by atomic mass is 10.4. The van der Waals surface area contributed by atoms with Gasteiger partial charge < -0.3 is 4.98 Å². The van der Waals surface area contributed by atoms with Crippen molar-refractivity contribution in [3.63, 3.8) is 0 Å². The minimum absolute atomic E-state index is 0.289. The lowest BCUT2D eigenvalue weighted by Gasteiger charge is -1.94. The minimum Gasteiger partial charge on any atom is -0.351 e. The summed E-state index contributed by atoms with van der Waals surface area (Å²) in [7, 11) is -3.12. The van der Waals surface area contributed by atoms with Gasteiger partial charge in [-0.2, -0.15) is 8.42 Å². The van der Waals surface area contributed by atoms with Crippen molar-refractivity contribution in [3.8, 4) is 0 Å². The highest BCUT2D eigenvalue weighted by Crippen LogP contribution is 2.15. The van der Waals surface area contributed by atoms with Gasteiger partial charge in [-0.3, -0.25) is 4.18 Å².